The van der Waals surface area contributed by atoms with Gasteiger partial charge in [-0.1, -0.05) is 51.9 Å². The van der Waals surface area contributed by atoms with Gasteiger partial charge in [0.2, 0.25) is 23.6 Å². The summed E-state index contributed by atoms with van der Waals surface area (Å²) in [5.74, 6) is -2.98. The first-order valence-corrected chi connectivity index (χ1v) is 16.4. The zero-order valence-electron chi connectivity index (χ0n) is 27.4. The molecule has 0 bridgehead atoms. The van der Waals surface area contributed by atoms with Crippen LogP contribution in [0.15, 0.2) is 0 Å². The molecule has 0 aliphatic heterocycles. The first-order chi connectivity index (χ1) is 22.1. The fraction of sp³-hybridized carbons (Fsp3) is 0.806. The average molecular weight is 661 g/mol. The van der Waals surface area contributed by atoms with E-state index < -0.39 is 18.0 Å². The molecule has 0 heterocycles. The maximum Gasteiger partial charge on any atom is 0.326 e. The monoisotopic (exact) mass is 660 g/mol. The summed E-state index contributed by atoms with van der Waals surface area (Å²) in [7, 11) is 0. The van der Waals surface area contributed by atoms with Gasteiger partial charge in [-0.3, -0.25) is 24.0 Å². The molecule has 0 saturated heterocycles. The summed E-state index contributed by atoms with van der Waals surface area (Å²) in [5, 5.41) is 28.5. The van der Waals surface area contributed by atoms with Crippen molar-refractivity contribution in [1.29, 1.82) is 0 Å². The Kier molecular flexibility index (Phi) is 28.2. The van der Waals surface area contributed by atoms with Gasteiger partial charge in [0, 0.05) is 45.3 Å². The minimum Gasteiger partial charge on any atom is -0.481 e. The summed E-state index contributed by atoms with van der Waals surface area (Å²) in [5.41, 5.74) is 0. The summed E-state index contributed by atoms with van der Waals surface area (Å²) in [6.45, 7) is 3.89. The Morgan fingerprint density at radius 1 is 0.543 bits per heavy atom. The minimum absolute atomic E-state index is 0.0283. The predicted octanol–water partition coefficient (Wildman–Crippen LogP) is 1.52. The predicted molar refractivity (Wildman–Crippen MR) is 169 cm³/mol. The largest absolute Gasteiger partial charge is 0.481 e. The maximum absolute atomic E-state index is 12.2. The van der Waals surface area contributed by atoms with Crippen molar-refractivity contribution in [3.05, 3.63) is 0 Å². The van der Waals surface area contributed by atoms with E-state index in [9.17, 15) is 33.9 Å². The van der Waals surface area contributed by atoms with Crippen LogP contribution in [0.2, 0.25) is 0 Å². The van der Waals surface area contributed by atoms with Crippen molar-refractivity contribution in [3.63, 3.8) is 0 Å². The molecule has 0 aliphatic rings. The van der Waals surface area contributed by atoms with Gasteiger partial charge >= 0.3 is 11.9 Å². The number of rotatable bonds is 32. The van der Waals surface area contributed by atoms with Gasteiger partial charge in [0.15, 0.2) is 0 Å². The lowest BCUT2D eigenvalue weighted by Gasteiger charge is -2.14. The van der Waals surface area contributed by atoms with Crippen LogP contribution in [0.3, 0.4) is 0 Å². The van der Waals surface area contributed by atoms with Crippen molar-refractivity contribution in [1.82, 2.24) is 21.3 Å². The average Bonchev–Trinajstić information content (AvgIpc) is 3.02. The number of carboxylic acids is 2. The Morgan fingerprint density at radius 3 is 1.57 bits per heavy atom. The molecule has 1 unspecified atom stereocenters. The molecule has 0 fully saturated rings. The third kappa shape index (κ3) is 29.4. The molecular formula is C31H56N4O11. The molecule has 0 saturated carbocycles. The van der Waals surface area contributed by atoms with Crippen molar-refractivity contribution in [2.75, 3.05) is 59.3 Å². The summed E-state index contributed by atoms with van der Waals surface area (Å²) in [6, 6.07) is -1.14. The third-order valence-corrected chi connectivity index (χ3v) is 6.72. The van der Waals surface area contributed by atoms with E-state index >= 15 is 0 Å². The standard InChI is InChI=1S/C31H56N4O11/c1-2-26(36)32-16-19-44-20-18-34-29(39)24-46-23-22-45-21-17-33-27(37)15-14-25(31(42)43)35-28(38)12-10-8-6-4-3-5-7-9-11-13-30(40)41/h25H,2-24H2,1H3,(H,32,36)(H,33,37)(H,34,39)(H,35,38)(H,40,41)(H,42,43). The highest BCUT2D eigenvalue weighted by Gasteiger charge is 2.20. The van der Waals surface area contributed by atoms with Gasteiger partial charge in [0.05, 0.1) is 33.0 Å². The lowest BCUT2D eigenvalue weighted by molar-refractivity contribution is -0.142. The van der Waals surface area contributed by atoms with Crippen LogP contribution in [0.5, 0.6) is 0 Å². The number of hydrogen-bond acceptors (Lipinski definition) is 9. The van der Waals surface area contributed by atoms with Crippen molar-refractivity contribution in [2.24, 2.45) is 0 Å². The van der Waals surface area contributed by atoms with E-state index in [1.165, 1.54) is 0 Å². The molecule has 46 heavy (non-hydrogen) atoms. The first kappa shape index (κ1) is 42.7. The number of carbonyl (C=O) groups excluding carboxylic acids is 4. The highest BCUT2D eigenvalue weighted by molar-refractivity contribution is 5.84. The number of nitrogens with one attached hydrogen (secondary N) is 4. The molecule has 1 atom stereocenters. The van der Waals surface area contributed by atoms with E-state index in [0.29, 0.717) is 45.6 Å². The number of carboxylic acid groups (broad SMARTS) is 2. The lowest BCUT2D eigenvalue weighted by atomic mass is 10.1. The Morgan fingerprint density at radius 2 is 1.02 bits per heavy atom. The first-order valence-electron chi connectivity index (χ1n) is 16.4. The number of unbranched alkanes of at least 4 members (excludes halogenated alkanes) is 8. The Balaban J connectivity index is 3.71. The maximum atomic E-state index is 12.2. The third-order valence-electron chi connectivity index (χ3n) is 6.72. The fourth-order valence-corrected chi connectivity index (χ4v) is 4.14. The van der Waals surface area contributed by atoms with Crippen LogP contribution in [-0.4, -0.2) is 111 Å². The summed E-state index contributed by atoms with van der Waals surface area (Å²) in [4.78, 5) is 69.0. The van der Waals surface area contributed by atoms with Crippen molar-refractivity contribution < 1.29 is 53.2 Å². The number of ether oxygens (including phenoxy) is 3. The SMILES string of the molecule is CCC(=O)NCCOCCNC(=O)COCCOCCNC(=O)CCC(NC(=O)CCCCCCCCCCCC(=O)O)C(=O)O. The van der Waals surface area contributed by atoms with Gasteiger partial charge in [-0.25, -0.2) is 4.79 Å². The molecule has 266 valence electrons. The van der Waals surface area contributed by atoms with Gasteiger partial charge in [0.1, 0.15) is 12.6 Å². The smallest absolute Gasteiger partial charge is 0.326 e. The van der Waals surface area contributed by atoms with E-state index in [4.69, 9.17) is 19.3 Å². The van der Waals surface area contributed by atoms with E-state index in [-0.39, 0.29) is 82.3 Å². The second-order valence-electron chi connectivity index (χ2n) is 10.8. The Bertz CT molecular complexity index is 873. The lowest BCUT2D eigenvalue weighted by Crippen LogP contribution is -2.41. The topological polar surface area (TPSA) is 219 Å². The van der Waals surface area contributed by atoms with Gasteiger partial charge < -0.3 is 45.7 Å². The Labute approximate surface area is 272 Å². The molecule has 15 heteroatoms. The molecule has 0 radical (unpaired) electrons. The zero-order valence-corrected chi connectivity index (χ0v) is 27.4. The quantitative estimate of drug-likeness (QED) is 0.0568. The summed E-state index contributed by atoms with van der Waals surface area (Å²) < 4.78 is 15.9. The second-order valence-corrected chi connectivity index (χ2v) is 10.8. The molecule has 6 N–H and O–H groups in total. The van der Waals surface area contributed by atoms with E-state index in [1.807, 2.05) is 0 Å². The highest BCUT2D eigenvalue weighted by atomic mass is 16.5. The number of aliphatic carboxylic acids is 2. The van der Waals surface area contributed by atoms with Crippen molar-refractivity contribution >= 4 is 35.6 Å². The zero-order chi connectivity index (χ0) is 34.3. The molecule has 0 aliphatic carbocycles. The van der Waals surface area contributed by atoms with E-state index in [0.717, 1.165) is 44.9 Å². The van der Waals surface area contributed by atoms with E-state index in [1.54, 1.807) is 6.92 Å². The van der Waals surface area contributed by atoms with Crippen LogP contribution in [0.1, 0.15) is 96.8 Å². The molecule has 0 rings (SSSR count). The Hall–Kier alpha value is -3.30. The molecule has 0 aromatic heterocycles. The molecule has 0 aromatic carbocycles. The van der Waals surface area contributed by atoms with Crippen LogP contribution in [-0.2, 0) is 43.0 Å². The van der Waals surface area contributed by atoms with Gasteiger partial charge in [-0.05, 0) is 19.3 Å². The molecule has 0 spiro atoms. The summed E-state index contributed by atoms with van der Waals surface area (Å²) >= 11 is 0. The van der Waals surface area contributed by atoms with Crippen LogP contribution >= 0.6 is 0 Å². The summed E-state index contributed by atoms with van der Waals surface area (Å²) in [6.07, 6.45) is 9.16. The van der Waals surface area contributed by atoms with Crippen LogP contribution < -0.4 is 21.3 Å². The normalized spacial score (nSPS) is 11.4. The number of amides is 4. The van der Waals surface area contributed by atoms with Crippen LogP contribution in [0.4, 0.5) is 0 Å². The number of hydrogen-bond donors (Lipinski definition) is 6. The second kappa shape index (κ2) is 30.4. The van der Waals surface area contributed by atoms with Gasteiger partial charge in [0.25, 0.3) is 0 Å². The van der Waals surface area contributed by atoms with Crippen molar-refractivity contribution in [3.8, 4) is 0 Å². The van der Waals surface area contributed by atoms with Crippen LogP contribution in [0, 0.1) is 0 Å². The number of carbonyl (C=O) groups is 6. The van der Waals surface area contributed by atoms with Crippen LogP contribution in [0.25, 0.3) is 0 Å². The fourth-order valence-electron chi connectivity index (χ4n) is 4.14. The van der Waals surface area contributed by atoms with Crippen molar-refractivity contribution in [2.45, 2.75) is 103 Å². The molecule has 0 aromatic rings. The van der Waals surface area contributed by atoms with Gasteiger partial charge in [-0.2, -0.15) is 0 Å². The minimum atomic E-state index is -1.19. The molecule has 4 amide bonds. The molecule has 15 nitrogen and oxygen atoms in total. The van der Waals surface area contributed by atoms with Gasteiger partial charge in [-0.15, -0.1) is 0 Å². The highest BCUT2D eigenvalue weighted by Crippen LogP contribution is 2.11. The van der Waals surface area contributed by atoms with E-state index in [2.05, 4.69) is 21.3 Å². The molecular weight excluding hydrogens is 604 g/mol.